The van der Waals surface area contributed by atoms with Crippen molar-refractivity contribution in [1.29, 1.82) is 0 Å². The number of benzene rings is 4. The molecule has 6 N–H and O–H groups in total. The van der Waals surface area contributed by atoms with Gasteiger partial charge >= 0.3 is 17.9 Å². The summed E-state index contributed by atoms with van der Waals surface area (Å²) in [5.41, 5.74) is -0.873. The van der Waals surface area contributed by atoms with E-state index in [0.717, 1.165) is 54.6 Å². The van der Waals surface area contributed by atoms with E-state index in [1.54, 1.807) is 0 Å². The van der Waals surface area contributed by atoms with E-state index in [2.05, 4.69) is 0 Å². The first-order chi connectivity index (χ1) is 18.5. The third-order valence-electron chi connectivity index (χ3n) is 4.96. The van der Waals surface area contributed by atoms with E-state index in [0.29, 0.717) is 0 Å². The predicted octanol–water partition coefficient (Wildman–Crippen LogP) is 3.58. The van der Waals surface area contributed by atoms with Crippen molar-refractivity contribution in [2.24, 2.45) is 0 Å². The Bertz CT molecular complexity index is 1460. The zero-order valence-electron chi connectivity index (χ0n) is 19.6. The number of esters is 3. The topological polar surface area (TPSA) is 200 Å². The third kappa shape index (κ3) is 6.27. The molecule has 12 heteroatoms. The zero-order valence-corrected chi connectivity index (χ0v) is 19.6. The van der Waals surface area contributed by atoms with Crippen LogP contribution in [-0.4, -0.2) is 48.5 Å². The molecule has 0 saturated heterocycles. The van der Waals surface area contributed by atoms with Crippen molar-refractivity contribution < 1.29 is 59.2 Å². The lowest BCUT2D eigenvalue weighted by Crippen LogP contribution is -2.15. The molecule has 0 aromatic heterocycles. The number of carbonyl (C=O) groups is 3. The molecule has 4 aromatic rings. The van der Waals surface area contributed by atoms with E-state index < -0.39 is 69.7 Å². The number of aromatic hydroxyl groups is 6. The average Bonchev–Trinajstić information content (AvgIpc) is 2.84. The fraction of sp³-hybridized carbons (Fsp3) is 0. The number of phenolic OH excluding ortho intramolecular Hbond substituents is 6. The molecule has 0 heterocycles. The predicted molar refractivity (Wildman–Crippen MR) is 131 cm³/mol. The van der Waals surface area contributed by atoms with E-state index in [1.165, 1.54) is 18.2 Å². The normalized spacial score (nSPS) is 10.5. The van der Waals surface area contributed by atoms with E-state index in [4.69, 9.17) is 14.2 Å². The summed E-state index contributed by atoms with van der Waals surface area (Å²) in [7, 11) is 0. The molecule has 12 nitrogen and oxygen atoms in total. The third-order valence-corrected chi connectivity index (χ3v) is 4.96. The smallest absolute Gasteiger partial charge is 0.344 e. The van der Waals surface area contributed by atoms with Crippen LogP contribution in [-0.2, 0) is 0 Å². The Morgan fingerprint density at radius 2 is 0.718 bits per heavy atom. The Labute approximate surface area is 218 Å². The van der Waals surface area contributed by atoms with Gasteiger partial charge in [-0.2, -0.15) is 0 Å². The summed E-state index contributed by atoms with van der Waals surface area (Å²) >= 11 is 0. The fourth-order valence-corrected chi connectivity index (χ4v) is 3.37. The van der Waals surface area contributed by atoms with Crippen LogP contribution in [0.4, 0.5) is 0 Å². The van der Waals surface area contributed by atoms with Crippen LogP contribution in [0.3, 0.4) is 0 Å². The molecule has 198 valence electrons. The maximum absolute atomic E-state index is 12.9. The van der Waals surface area contributed by atoms with E-state index in [-0.39, 0.29) is 16.7 Å². The van der Waals surface area contributed by atoms with Crippen LogP contribution in [0.25, 0.3) is 0 Å². The molecule has 0 atom stereocenters. The number of para-hydroxylation sites is 1. The molecule has 4 rings (SSSR count). The quantitative estimate of drug-likeness (QED) is 0.155. The second kappa shape index (κ2) is 10.6. The van der Waals surface area contributed by atoms with Gasteiger partial charge in [0.15, 0.2) is 11.5 Å². The first-order valence-corrected chi connectivity index (χ1v) is 10.9. The van der Waals surface area contributed by atoms with Crippen LogP contribution >= 0.6 is 0 Å². The summed E-state index contributed by atoms with van der Waals surface area (Å²) in [6, 6.07) is 12.5. The highest BCUT2D eigenvalue weighted by atomic mass is 16.6. The summed E-state index contributed by atoms with van der Waals surface area (Å²) in [6.45, 7) is 0. The molecule has 0 aliphatic carbocycles. The lowest BCUT2D eigenvalue weighted by atomic mass is 10.2. The van der Waals surface area contributed by atoms with Gasteiger partial charge < -0.3 is 44.8 Å². The first-order valence-electron chi connectivity index (χ1n) is 10.9. The summed E-state index contributed by atoms with van der Waals surface area (Å²) in [5, 5.41) is 58.1. The number of hydrogen-bond acceptors (Lipinski definition) is 12. The molecule has 0 bridgehead atoms. The Hall–Kier alpha value is -5.91. The summed E-state index contributed by atoms with van der Waals surface area (Å²) in [5.74, 6) is -7.49. The fourth-order valence-electron chi connectivity index (χ4n) is 3.37. The molecule has 0 spiro atoms. The number of carbonyl (C=O) groups excluding carboxylic acids is 3. The van der Waals surface area contributed by atoms with Gasteiger partial charge in [0.05, 0.1) is 16.7 Å². The van der Waals surface area contributed by atoms with E-state index in [9.17, 15) is 45.0 Å². The van der Waals surface area contributed by atoms with Gasteiger partial charge in [-0.3, -0.25) is 0 Å². The SMILES string of the molecule is O=C(Oc1cccc(OC(=O)c2cc(O)cc(O)c2)c1OC(=O)c1cc(O)cc(O)c1)c1cc(O)cc(O)c1. The minimum Gasteiger partial charge on any atom is -0.508 e. The van der Waals surface area contributed by atoms with E-state index >= 15 is 0 Å². The van der Waals surface area contributed by atoms with Crippen molar-refractivity contribution in [1.82, 2.24) is 0 Å². The number of rotatable bonds is 6. The molecule has 0 amide bonds. The molecule has 4 aromatic carbocycles. The molecule has 0 aliphatic rings. The second-order valence-electron chi connectivity index (χ2n) is 7.97. The van der Waals surface area contributed by atoms with Gasteiger partial charge in [-0.1, -0.05) is 6.07 Å². The highest BCUT2D eigenvalue weighted by Crippen LogP contribution is 2.39. The van der Waals surface area contributed by atoms with Crippen molar-refractivity contribution in [3.8, 4) is 51.7 Å². The second-order valence-corrected chi connectivity index (χ2v) is 7.97. The zero-order chi connectivity index (χ0) is 28.3. The molecule has 39 heavy (non-hydrogen) atoms. The van der Waals surface area contributed by atoms with Gasteiger partial charge in [0.2, 0.25) is 5.75 Å². The molecule has 0 unspecified atom stereocenters. The lowest BCUT2D eigenvalue weighted by molar-refractivity contribution is 0.0656. The standard InChI is InChI=1S/C27H18O12/c28-16-4-13(5-17(29)10-16)25(34)37-22-2-1-3-23(38-26(35)14-6-18(30)11-19(31)7-14)24(22)39-27(36)15-8-20(32)12-21(33)9-15/h1-12,28-33H. The molecule has 0 fully saturated rings. The van der Waals surface area contributed by atoms with Gasteiger partial charge in [-0.15, -0.1) is 0 Å². The Morgan fingerprint density at radius 1 is 0.436 bits per heavy atom. The average molecular weight is 534 g/mol. The minimum absolute atomic E-state index is 0.277. The molecular formula is C27H18O12. The van der Waals surface area contributed by atoms with E-state index in [1.807, 2.05) is 0 Å². The van der Waals surface area contributed by atoms with Crippen molar-refractivity contribution >= 4 is 17.9 Å². The summed E-state index contributed by atoms with van der Waals surface area (Å²) < 4.78 is 15.9. The lowest BCUT2D eigenvalue weighted by Gasteiger charge is -2.15. The number of phenols is 6. The molecule has 0 aliphatic heterocycles. The molecular weight excluding hydrogens is 516 g/mol. The largest absolute Gasteiger partial charge is 0.508 e. The number of ether oxygens (including phenoxy) is 3. The highest BCUT2D eigenvalue weighted by Gasteiger charge is 2.24. The van der Waals surface area contributed by atoms with Crippen LogP contribution in [0.15, 0.2) is 72.8 Å². The monoisotopic (exact) mass is 534 g/mol. The van der Waals surface area contributed by atoms with Crippen LogP contribution in [0.5, 0.6) is 51.7 Å². The van der Waals surface area contributed by atoms with Crippen LogP contribution < -0.4 is 14.2 Å². The van der Waals surface area contributed by atoms with Gasteiger partial charge in [0.1, 0.15) is 34.5 Å². The molecule has 0 radical (unpaired) electrons. The number of hydrogen-bond donors (Lipinski definition) is 6. The van der Waals surface area contributed by atoms with Gasteiger partial charge in [0, 0.05) is 18.2 Å². The maximum Gasteiger partial charge on any atom is 0.344 e. The highest BCUT2D eigenvalue weighted by molar-refractivity contribution is 5.96. The van der Waals surface area contributed by atoms with Gasteiger partial charge in [-0.05, 0) is 48.5 Å². The van der Waals surface area contributed by atoms with Gasteiger partial charge in [0.25, 0.3) is 0 Å². The van der Waals surface area contributed by atoms with Crippen LogP contribution in [0.2, 0.25) is 0 Å². The van der Waals surface area contributed by atoms with Gasteiger partial charge in [-0.25, -0.2) is 14.4 Å². The summed E-state index contributed by atoms with van der Waals surface area (Å²) in [4.78, 5) is 38.3. The Balaban J connectivity index is 1.73. The van der Waals surface area contributed by atoms with Crippen molar-refractivity contribution in [2.45, 2.75) is 0 Å². The molecule has 0 saturated carbocycles. The minimum atomic E-state index is -1.16. The van der Waals surface area contributed by atoms with Crippen molar-refractivity contribution in [2.75, 3.05) is 0 Å². The Morgan fingerprint density at radius 3 is 1.03 bits per heavy atom. The van der Waals surface area contributed by atoms with Crippen molar-refractivity contribution in [3.63, 3.8) is 0 Å². The van der Waals surface area contributed by atoms with Crippen LogP contribution in [0.1, 0.15) is 31.1 Å². The van der Waals surface area contributed by atoms with Crippen molar-refractivity contribution in [3.05, 3.63) is 89.5 Å². The first kappa shape index (κ1) is 26.2. The van der Waals surface area contributed by atoms with Crippen LogP contribution in [0, 0.1) is 0 Å². The Kier molecular flexibility index (Phi) is 7.11. The summed E-state index contributed by atoms with van der Waals surface area (Å²) in [6.07, 6.45) is 0. The maximum atomic E-state index is 12.9.